The normalized spacial score (nSPS) is 11.1. The fourth-order valence-electron chi connectivity index (χ4n) is 6.38. The fraction of sp³-hybridized carbons (Fsp3) is 0.591. The highest BCUT2D eigenvalue weighted by molar-refractivity contribution is 5.77. The minimum atomic E-state index is 0. The predicted molar refractivity (Wildman–Crippen MR) is 218 cm³/mol. The first kappa shape index (κ1) is 51.3. The van der Waals surface area contributed by atoms with E-state index in [1.54, 1.807) is 0 Å². The Kier molecular flexibility index (Phi) is 27.3. The number of hydrogen-bond acceptors (Lipinski definition) is 4. The van der Waals surface area contributed by atoms with E-state index < -0.39 is 0 Å². The molecular weight excluding hydrogens is 808 g/mol. The summed E-state index contributed by atoms with van der Waals surface area (Å²) in [6.07, 6.45) is 16.2. The molecule has 0 radical (unpaired) electrons. The average Bonchev–Trinajstić information content (AvgIpc) is 3.09. The highest BCUT2D eigenvalue weighted by Gasteiger charge is 2.21. The minimum absolute atomic E-state index is 0. The van der Waals surface area contributed by atoms with E-state index in [2.05, 4.69) is 102 Å². The molecule has 54 heavy (non-hydrogen) atoms. The average molecular weight is 881 g/mol. The number of quaternary nitrogens is 2. The number of carbonyl (C=O) groups is 2. The number of benzene rings is 2. The second-order valence-electron chi connectivity index (χ2n) is 15.5. The van der Waals surface area contributed by atoms with Crippen LogP contribution in [0.3, 0.4) is 0 Å². The summed E-state index contributed by atoms with van der Waals surface area (Å²) in [5.41, 5.74) is 4.35. The zero-order valence-electron chi connectivity index (χ0n) is 34.5. The largest absolute Gasteiger partial charge is 1.00 e. The molecule has 0 heterocycles. The van der Waals surface area contributed by atoms with Crippen LogP contribution in [0, 0.1) is 0 Å². The monoisotopic (exact) mass is 878 g/mol. The van der Waals surface area contributed by atoms with Gasteiger partial charge in [-0.2, -0.15) is 0 Å². The third-order valence-electron chi connectivity index (χ3n) is 9.34. The first-order valence-corrected chi connectivity index (χ1v) is 19.8. The molecule has 2 aromatic rings. The molecule has 10 heteroatoms. The van der Waals surface area contributed by atoms with E-state index in [0.29, 0.717) is 41.7 Å². The Morgan fingerprint density at radius 3 is 1.65 bits per heavy atom. The number of halogens is 2. The number of likely N-dealkylation sites (N-methyl/N-ethyl adjacent to an activating group) is 2. The molecule has 0 atom stereocenters. The summed E-state index contributed by atoms with van der Waals surface area (Å²) in [6.45, 7) is 17.6. The maximum Gasteiger partial charge on any atom is 0.275 e. The van der Waals surface area contributed by atoms with Gasteiger partial charge < -0.3 is 63.0 Å². The van der Waals surface area contributed by atoms with Gasteiger partial charge in [0.2, 0.25) is 0 Å². The molecule has 0 bridgehead atoms. The van der Waals surface area contributed by atoms with Gasteiger partial charge in [0.15, 0.2) is 13.1 Å². The summed E-state index contributed by atoms with van der Waals surface area (Å²) in [5.74, 6) is 1.92. The molecule has 306 valence electrons. The van der Waals surface area contributed by atoms with Crippen LogP contribution in [-0.2, 0) is 22.4 Å². The van der Waals surface area contributed by atoms with Crippen LogP contribution >= 0.6 is 0 Å². The number of hydrogen-bond donors (Lipinski definition) is 2. The minimum Gasteiger partial charge on any atom is -1.00 e. The highest BCUT2D eigenvalue weighted by Crippen LogP contribution is 2.35. The fourth-order valence-corrected chi connectivity index (χ4v) is 6.38. The lowest BCUT2D eigenvalue weighted by atomic mass is 9.97. The molecule has 0 saturated carbocycles. The predicted octanol–water partition coefficient (Wildman–Crippen LogP) is 1.90. The molecular formula is C44H72Br2N4O4. The molecule has 0 fully saturated rings. The summed E-state index contributed by atoms with van der Waals surface area (Å²) in [4.78, 5) is 25.0. The summed E-state index contributed by atoms with van der Waals surface area (Å²) >= 11 is 0. The van der Waals surface area contributed by atoms with E-state index in [0.717, 1.165) is 92.9 Å². The van der Waals surface area contributed by atoms with Crippen LogP contribution < -0.4 is 54.1 Å². The third-order valence-corrected chi connectivity index (χ3v) is 9.34. The van der Waals surface area contributed by atoms with Crippen LogP contribution in [-0.4, -0.2) is 101 Å². The van der Waals surface area contributed by atoms with Crippen molar-refractivity contribution >= 4 is 11.8 Å². The highest BCUT2D eigenvalue weighted by atomic mass is 79.9. The molecule has 0 aliphatic carbocycles. The molecule has 0 saturated heterocycles. The van der Waals surface area contributed by atoms with Crippen molar-refractivity contribution < 1.29 is 62.0 Å². The van der Waals surface area contributed by atoms with Crippen molar-refractivity contribution in [2.45, 2.75) is 90.9 Å². The van der Waals surface area contributed by atoms with Crippen LogP contribution in [0.4, 0.5) is 0 Å². The van der Waals surface area contributed by atoms with Crippen LogP contribution in [0.15, 0.2) is 61.7 Å². The zero-order valence-corrected chi connectivity index (χ0v) is 37.6. The Balaban J connectivity index is 0.0000140. The number of ether oxygens (including phenoxy) is 2. The molecule has 0 aromatic heterocycles. The Labute approximate surface area is 349 Å². The van der Waals surface area contributed by atoms with Crippen molar-refractivity contribution in [3.63, 3.8) is 0 Å². The Morgan fingerprint density at radius 1 is 0.648 bits per heavy atom. The van der Waals surface area contributed by atoms with Crippen LogP contribution in [0.25, 0.3) is 11.1 Å². The SMILES string of the molecule is C=CCc1ccc(OCCC[N+](C)(C)CC(=O)NCCCCCC)c(-c2ccc(OCCC[N+](C)(C)CC(=O)NCCCCCC)c(CC=C)c2)c1.[Br-].[Br-]. The van der Waals surface area contributed by atoms with Crippen molar-refractivity contribution in [2.75, 3.05) is 80.7 Å². The smallest absolute Gasteiger partial charge is 0.275 e. The standard InChI is InChI=1S/C44H70N4O4.2BrH/c1-9-13-15-17-27-45-43(49)35-47(5,6)29-19-31-51-41-26-24-38(34-39(41)22-12-4)40-33-37(21-11-3)23-25-42(40)52-32-20-30-48(7,8)36-44(50)46-28-18-16-14-10-2;;/h11-12,23-26,33-34H,3-4,9-10,13-22,27-32,35-36H2,1-2,5-8H3;2*1H. The van der Waals surface area contributed by atoms with Crippen molar-refractivity contribution in [3.05, 3.63) is 72.8 Å². The number of nitrogens with one attached hydrogen (secondary N) is 2. The maximum atomic E-state index is 12.5. The number of rotatable bonds is 29. The van der Waals surface area contributed by atoms with Gasteiger partial charge in [0.1, 0.15) is 11.5 Å². The molecule has 8 nitrogen and oxygen atoms in total. The van der Waals surface area contributed by atoms with Crippen molar-refractivity contribution in [2.24, 2.45) is 0 Å². The van der Waals surface area contributed by atoms with Crippen molar-refractivity contribution in [3.8, 4) is 22.6 Å². The summed E-state index contributed by atoms with van der Waals surface area (Å²) in [5, 5.41) is 6.17. The summed E-state index contributed by atoms with van der Waals surface area (Å²) < 4.78 is 14.0. The van der Waals surface area contributed by atoms with Gasteiger partial charge in [0, 0.05) is 31.5 Å². The molecule has 0 spiro atoms. The second-order valence-corrected chi connectivity index (χ2v) is 15.5. The van der Waals surface area contributed by atoms with E-state index in [4.69, 9.17) is 9.47 Å². The molecule has 2 amide bonds. The first-order chi connectivity index (χ1) is 24.9. The molecule has 0 aliphatic heterocycles. The number of unbranched alkanes of at least 4 members (excludes halogenated alkanes) is 6. The van der Waals surface area contributed by atoms with E-state index in [-0.39, 0.29) is 45.8 Å². The number of carbonyl (C=O) groups excluding carboxylic acids is 2. The zero-order chi connectivity index (χ0) is 38.2. The van der Waals surface area contributed by atoms with Gasteiger partial charge in [-0.1, -0.05) is 76.7 Å². The van der Waals surface area contributed by atoms with Crippen LogP contribution in [0.2, 0.25) is 0 Å². The first-order valence-electron chi connectivity index (χ1n) is 19.8. The topological polar surface area (TPSA) is 76.7 Å². The number of allylic oxidation sites excluding steroid dienone is 2. The van der Waals surface area contributed by atoms with Gasteiger partial charge >= 0.3 is 0 Å². The Morgan fingerprint density at radius 2 is 1.15 bits per heavy atom. The van der Waals surface area contributed by atoms with Crippen molar-refractivity contribution in [1.82, 2.24) is 10.6 Å². The van der Waals surface area contributed by atoms with Crippen molar-refractivity contribution in [1.29, 1.82) is 0 Å². The maximum absolute atomic E-state index is 12.5. The van der Waals surface area contributed by atoms with Gasteiger partial charge in [-0.25, -0.2) is 0 Å². The molecule has 0 unspecified atom stereocenters. The molecule has 2 aromatic carbocycles. The van der Waals surface area contributed by atoms with E-state index in [1.807, 2.05) is 12.2 Å². The molecule has 2 rings (SSSR count). The van der Waals surface area contributed by atoms with Crippen LogP contribution in [0.1, 0.15) is 89.2 Å². The summed E-state index contributed by atoms with van der Waals surface area (Å²) in [6, 6.07) is 12.7. The third kappa shape index (κ3) is 21.4. The van der Waals surface area contributed by atoms with E-state index in [1.165, 1.54) is 37.7 Å². The Hall–Kier alpha value is -2.66. The molecule has 0 aliphatic rings. The Bertz CT molecular complexity index is 1380. The summed E-state index contributed by atoms with van der Waals surface area (Å²) in [7, 11) is 8.41. The van der Waals surface area contributed by atoms with Gasteiger partial charge in [-0.05, 0) is 66.6 Å². The molecule has 2 N–H and O–H groups in total. The van der Waals surface area contributed by atoms with Gasteiger partial charge in [-0.3, -0.25) is 9.59 Å². The number of amides is 2. The van der Waals surface area contributed by atoms with Gasteiger partial charge in [0.05, 0.1) is 54.5 Å². The van der Waals surface area contributed by atoms with E-state index in [9.17, 15) is 9.59 Å². The lowest BCUT2D eigenvalue weighted by molar-refractivity contribution is -0.882. The van der Waals surface area contributed by atoms with Gasteiger partial charge in [-0.15, -0.1) is 13.2 Å². The number of nitrogens with zero attached hydrogens (tertiary/aromatic N) is 2. The van der Waals surface area contributed by atoms with Gasteiger partial charge in [0.25, 0.3) is 11.8 Å². The lowest BCUT2D eigenvalue weighted by Gasteiger charge is -2.29. The second kappa shape index (κ2) is 28.7. The quantitative estimate of drug-likeness (QED) is 0.0745. The van der Waals surface area contributed by atoms with E-state index >= 15 is 0 Å². The lowest BCUT2D eigenvalue weighted by Crippen LogP contribution is -3.00. The van der Waals surface area contributed by atoms with Crippen LogP contribution in [0.5, 0.6) is 11.5 Å².